The van der Waals surface area contributed by atoms with Gasteiger partial charge in [0, 0.05) is 24.3 Å². The summed E-state index contributed by atoms with van der Waals surface area (Å²) in [4.78, 5) is 27.4. The van der Waals surface area contributed by atoms with Crippen LogP contribution in [-0.2, 0) is 11.2 Å². The van der Waals surface area contributed by atoms with Gasteiger partial charge in [-0.15, -0.1) is 0 Å². The molecule has 0 spiro atoms. The van der Waals surface area contributed by atoms with Gasteiger partial charge in [0.15, 0.2) is 5.65 Å². The predicted molar refractivity (Wildman–Crippen MR) is 76.6 cm³/mol. The van der Waals surface area contributed by atoms with Crippen molar-refractivity contribution in [1.82, 2.24) is 14.6 Å². The van der Waals surface area contributed by atoms with E-state index in [4.69, 9.17) is 9.84 Å². The molecule has 0 saturated carbocycles. The van der Waals surface area contributed by atoms with Crippen molar-refractivity contribution < 1.29 is 14.6 Å². The first-order valence-electron chi connectivity index (χ1n) is 6.92. The monoisotopic (exact) mass is 293 g/mol. The highest BCUT2D eigenvalue weighted by molar-refractivity contribution is 5.95. The van der Waals surface area contributed by atoms with E-state index in [0.717, 1.165) is 4.52 Å². The minimum absolute atomic E-state index is 0.0502. The maximum absolute atomic E-state index is 12.5. The fourth-order valence-corrected chi connectivity index (χ4v) is 2.27. The molecular weight excluding hydrogens is 274 g/mol. The molecule has 2 aromatic heterocycles. The second-order valence-corrected chi connectivity index (χ2v) is 4.99. The molecule has 21 heavy (non-hydrogen) atoms. The molecule has 0 amide bonds. The number of aliphatic hydroxyl groups is 1. The lowest BCUT2D eigenvalue weighted by atomic mass is 10.0. The molecule has 7 nitrogen and oxygen atoms in total. The van der Waals surface area contributed by atoms with E-state index in [1.807, 2.05) is 13.8 Å². The van der Waals surface area contributed by atoms with E-state index in [0.29, 0.717) is 16.9 Å². The fourth-order valence-electron chi connectivity index (χ4n) is 2.27. The molecule has 0 aromatic carbocycles. The van der Waals surface area contributed by atoms with Gasteiger partial charge in [0.2, 0.25) is 0 Å². The molecule has 0 aliphatic rings. The van der Waals surface area contributed by atoms with Gasteiger partial charge < -0.3 is 14.8 Å². The molecule has 114 valence electrons. The lowest BCUT2D eigenvalue weighted by Crippen LogP contribution is -2.24. The van der Waals surface area contributed by atoms with E-state index in [9.17, 15) is 9.59 Å². The lowest BCUT2D eigenvalue weighted by Gasteiger charge is -2.12. The summed E-state index contributed by atoms with van der Waals surface area (Å²) in [5.74, 6) is -0.470. The largest absolute Gasteiger partial charge is 0.462 e. The van der Waals surface area contributed by atoms with Gasteiger partial charge in [-0.05, 0) is 12.8 Å². The Labute approximate surface area is 121 Å². The van der Waals surface area contributed by atoms with Gasteiger partial charge >= 0.3 is 5.97 Å². The van der Waals surface area contributed by atoms with E-state index < -0.39 is 5.97 Å². The van der Waals surface area contributed by atoms with Crippen LogP contribution in [0.3, 0.4) is 0 Å². The Morgan fingerprint density at radius 1 is 1.52 bits per heavy atom. The Morgan fingerprint density at radius 2 is 2.24 bits per heavy atom. The minimum atomic E-state index is -0.521. The molecule has 0 aliphatic heterocycles. The first-order chi connectivity index (χ1) is 10.0. The number of aliphatic hydroxyl groups excluding tert-OH is 1. The van der Waals surface area contributed by atoms with E-state index >= 15 is 0 Å². The number of hydrogen-bond donors (Lipinski definition) is 2. The van der Waals surface area contributed by atoms with Crippen molar-refractivity contribution in [2.24, 2.45) is 0 Å². The molecule has 7 heteroatoms. The Morgan fingerprint density at radius 3 is 2.81 bits per heavy atom. The summed E-state index contributed by atoms with van der Waals surface area (Å²) < 4.78 is 6.10. The molecule has 0 fully saturated rings. The molecule has 2 aromatic rings. The molecule has 0 aliphatic carbocycles. The van der Waals surface area contributed by atoms with Crippen LogP contribution < -0.4 is 5.56 Å². The number of carbonyl (C=O) groups excluding carboxylic acids is 1. The average Bonchev–Trinajstić information content (AvgIpc) is 2.86. The second kappa shape index (κ2) is 6.09. The third-order valence-corrected chi connectivity index (χ3v) is 3.23. The highest BCUT2D eigenvalue weighted by Gasteiger charge is 2.20. The van der Waals surface area contributed by atoms with Gasteiger partial charge in [0.25, 0.3) is 5.56 Å². The molecule has 0 unspecified atom stereocenters. The van der Waals surface area contributed by atoms with Crippen molar-refractivity contribution in [3.8, 4) is 0 Å². The van der Waals surface area contributed by atoms with Gasteiger partial charge in [0.1, 0.15) is 5.56 Å². The molecule has 0 bridgehead atoms. The zero-order chi connectivity index (χ0) is 15.6. The third kappa shape index (κ3) is 2.69. The molecule has 0 radical (unpaired) electrons. The number of aromatic amines is 1. The SMILES string of the molecule is CCOC(=O)c1cnn2c(=O)c(CCO)c(C(C)C)[nH]c12. The third-order valence-electron chi connectivity index (χ3n) is 3.23. The molecule has 0 atom stereocenters. The summed E-state index contributed by atoms with van der Waals surface area (Å²) in [7, 11) is 0. The second-order valence-electron chi connectivity index (χ2n) is 4.99. The summed E-state index contributed by atoms with van der Waals surface area (Å²) in [6.07, 6.45) is 1.56. The highest BCUT2D eigenvalue weighted by atomic mass is 16.5. The van der Waals surface area contributed by atoms with Crippen LogP contribution in [0.1, 0.15) is 48.3 Å². The maximum Gasteiger partial charge on any atom is 0.343 e. The Hall–Kier alpha value is -2.15. The number of carbonyl (C=O) groups is 1. The van der Waals surface area contributed by atoms with Crippen LogP contribution in [0.5, 0.6) is 0 Å². The van der Waals surface area contributed by atoms with Crippen LogP contribution >= 0.6 is 0 Å². The number of fused-ring (bicyclic) bond motifs is 1. The lowest BCUT2D eigenvalue weighted by molar-refractivity contribution is 0.0528. The number of ether oxygens (including phenoxy) is 1. The van der Waals surface area contributed by atoms with Crippen LogP contribution in [0.4, 0.5) is 0 Å². The molecule has 2 heterocycles. The fraction of sp³-hybridized carbons (Fsp3) is 0.500. The maximum atomic E-state index is 12.5. The number of hydrogen-bond acceptors (Lipinski definition) is 5. The number of nitrogens with one attached hydrogen (secondary N) is 1. The predicted octanol–water partition coefficient (Wildman–Crippen LogP) is 0.857. The summed E-state index contributed by atoms with van der Waals surface area (Å²) in [6.45, 7) is 5.71. The number of nitrogens with zero attached hydrogens (tertiary/aromatic N) is 2. The van der Waals surface area contributed by atoms with E-state index in [1.54, 1.807) is 6.92 Å². The molecule has 0 saturated heterocycles. The topological polar surface area (TPSA) is 96.7 Å². The first kappa shape index (κ1) is 15.2. The number of esters is 1. The molecular formula is C14H19N3O4. The van der Waals surface area contributed by atoms with E-state index in [2.05, 4.69) is 10.1 Å². The van der Waals surface area contributed by atoms with Crippen LogP contribution in [0.15, 0.2) is 11.0 Å². The summed E-state index contributed by atoms with van der Waals surface area (Å²) >= 11 is 0. The van der Waals surface area contributed by atoms with Gasteiger partial charge in [-0.3, -0.25) is 4.79 Å². The van der Waals surface area contributed by atoms with Gasteiger partial charge in [-0.1, -0.05) is 13.8 Å². The van der Waals surface area contributed by atoms with Crippen LogP contribution in [0.25, 0.3) is 5.65 Å². The number of aromatic nitrogens is 3. The van der Waals surface area contributed by atoms with Crippen molar-refractivity contribution in [2.45, 2.75) is 33.1 Å². The van der Waals surface area contributed by atoms with Crippen molar-refractivity contribution >= 4 is 11.6 Å². The molecule has 2 N–H and O–H groups in total. The first-order valence-corrected chi connectivity index (χ1v) is 6.92. The quantitative estimate of drug-likeness (QED) is 0.797. The standard InChI is InChI=1S/C14H19N3O4/c1-4-21-14(20)10-7-15-17-12(10)16-11(8(2)3)9(5-6-18)13(17)19/h7-8,16,18H,4-6H2,1-3H3. The van der Waals surface area contributed by atoms with E-state index in [-0.39, 0.29) is 36.7 Å². The molecule has 2 rings (SSSR count). The minimum Gasteiger partial charge on any atom is -0.462 e. The highest BCUT2D eigenvalue weighted by Crippen LogP contribution is 2.18. The van der Waals surface area contributed by atoms with Gasteiger partial charge in [-0.25, -0.2) is 4.79 Å². The normalized spacial score (nSPS) is 11.3. The zero-order valence-corrected chi connectivity index (χ0v) is 12.3. The van der Waals surface area contributed by atoms with Crippen LogP contribution in [0.2, 0.25) is 0 Å². The smallest absolute Gasteiger partial charge is 0.343 e. The summed E-state index contributed by atoms with van der Waals surface area (Å²) in [5.41, 5.74) is 1.42. The zero-order valence-electron chi connectivity index (χ0n) is 12.3. The Kier molecular flexibility index (Phi) is 4.42. The van der Waals surface area contributed by atoms with Crippen molar-refractivity contribution in [3.05, 3.63) is 33.4 Å². The van der Waals surface area contributed by atoms with Crippen molar-refractivity contribution in [1.29, 1.82) is 0 Å². The Balaban J connectivity index is 2.70. The van der Waals surface area contributed by atoms with Crippen LogP contribution in [0, 0.1) is 0 Å². The van der Waals surface area contributed by atoms with Crippen molar-refractivity contribution in [3.63, 3.8) is 0 Å². The van der Waals surface area contributed by atoms with Crippen LogP contribution in [-0.4, -0.2) is 38.9 Å². The number of H-pyrrole nitrogens is 1. The summed E-state index contributed by atoms with van der Waals surface area (Å²) in [6, 6.07) is 0. The number of rotatable bonds is 5. The van der Waals surface area contributed by atoms with Gasteiger partial charge in [0.05, 0.1) is 12.8 Å². The van der Waals surface area contributed by atoms with Crippen molar-refractivity contribution in [2.75, 3.05) is 13.2 Å². The summed E-state index contributed by atoms with van der Waals surface area (Å²) in [5, 5.41) is 13.1. The van der Waals surface area contributed by atoms with E-state index in [1.165, 1.54) is 6.20 Å². The average molecular weight is 293 g/mol. The Bertz CT molecular complexity index is 715. The van der Waals surface area contributed by atoms with Gasteiger partial charge in [-0.2, -0.15) is 9.61 Å².